The van der Waals surface area contributed by atoms with E-state index in [0.717, 1.165) is 12.1 Å². The Morgan fingerprint density at radius 2 is 1.89 bits per heavy atom. The molecule has 1 amide bonds. The number of hydrogen-bond donors (Lipinski definition) is 1. The first-order valence-corrected chi connectivity index (χ1v) is 5.52. The molecule has 0 atom stereocenters. The maximum atomic E-state index is 12.6. The molecule has 0 aliphatic rings. The van der Waals surface area contributed by atoms with Crippen LogP contribution in [0.3, 0.4) is 0 Å². The van der Waals surface area contributed by atoms with Gasteiger partial charge in [-0.2, -0.15) is 18.4 Å². The van der Waals surface area contributed by atoms with E-state index >= 15 is 0 Å². The standard InChI is InChI=1S/C13H13F3N2O/c1-12(2,11(19)18-7-6-17)9-4-3-5-10(8-9)13(14,15)16/h3-5,8H,7H2,1-2H3,(H,18,19). The number of rotatable bonds is 3. The smallest absolute Gasteiger partial charge is 0.342 e. The van der Waals surface area contributed by atoms with Crippen LogP contribution in [0.25, 0.3) is 0 Å². The largest absolute Gasteiger partial charge is 0.416 e. The van der Waals surface area contributed by atoms with Gasteiger partial charge in [0.05, 0.1) is 17.0 Å². The van der Waals surface area contributed by atoms with E-state index in [1.807, 2.05) is 0 Å². The first kappa shape index (κ1) is 15.0. The summed E-state index contributed by atoms with van der Waals surface area (Å²) in [6, 6.07) is 6.37. The maximum absolute atomic E-state index is 12.6. The molecule has 1 N–H and O–H groups in total. The quantitative estimate of drug-likeness (QED) is 0.858. The topological polar surface area (TPSA) is 52.9 Å². The molecular weight excluding hydrogens is 257 g/mol. The van der Waals surface area contributed by atoms with Crippen molar-refractivity contribution in [1.82, 2.24) is 5.32 Å². The molecule has 0 fully saturated rings. The fraction of sp³-hybridized carbons (Fsp3) is 0.385. The summed E-state index contributed by atoms with van der Waals surface area (Å²) in [5.41, 5.74) is -1.69. The lowest BCUT2D eigenvalue weighted by molar-refractivity contribution is -0.137. The Kier molecular flexibility index (Phi) is 4.20. The molecule has 0 saturated heterocycles. The average molecular weight is 270 g/mol. The van der Waals surface area contributed by atoms with Crippen molar-refractivity contribution in [2.24, 2.45) is 0 Å². The minimum absolute atomic E-state index is 0.179. The first-order valence-electron chi connectivity index (χ1n) is 5.52. The Labute approximate surface area is 109 Å². The summed E-state index contributed by atoms with van der Waals surface area (Å²) < 4.78 is 37.8. The Morgan fingerprint density at radius 3 is 2.42 bits per heavy atom. The van der Waals surface area contributed by atoms with Crippen molar-refractivity contribution in [3.63, 3.8) is 0 Å². The highest BCUT2D eigenvalue weighted by molar-refractivity contribution is 5.87. The number of nitrogens with zero attached hydrogens (tertiary/aromatic N) is 1. The van der Waals surface area contributed by atoms with Gasteiger partial charge < -0.3 is 5.32 Å². The highest BCUT2D eigenvalue weighted by Crippen LogP contribution is 2.32. The van der Waals surface area contributed by atoms with Gasteiger partial charge in [-0.3, -0.25) is 4.79 Å². The van der Waals surface area contributed by atoms with E-state index in [0.29, 0.717) is 0 Å². The maximum Gasteiger partial charge on any atom is 0.416 e. The summed E-state index contributed by atoms with van der Waals surface area (Å²) in [6.07, 6.45) is -4.45. The third kappa shape index (κ3) is 3.47. The number of carbonyl (C=O) groups is 1. The van der Waals surface area contributed by atoms with Crippen molar-refractivity contribution in [3.8, 4) is 6.07 Å². The third-order valence-electron chi connectivity index (χ3n) is 2.81. The molecule has 0 radical (unpaired) electrons. The highest BCUT2D eigenvalue weighted by atomic mass is 19.4. The minimum atomic E-state index is -4.45. The van der Waals surface area contributed by atoms with Crippen LogP contribution in [0.5, 0.6) is 0 Å². The van der Waals surface area contributed by atoms with Crippen LogP contribution in [0.2, 0.25) is 0 Å². The van der Waals surface area contributed by atoms with Crippen LogP contribution < -0.4 is 5.32 Å². The van der Waals surface area contributed by atoms with Gasteiger partial charge in [-0.05, 0) is 25.5 Å². The van der Waals surface area contributed by atoms with Gasteiger partial charge in [-0.15, -0.1) is 0 Å². The molecule has 6 heteroatoms. The molecule has 0 aliphatic carbocycles. The van der Waals surface area contributed by atoms with Crippen LogP contribution in [-0.2, 0) is 16.4 Å². The number of hydrogen-bond acceptors (Lipinski definition) is 2. The molecule has 1 rings (SSSR count). The van der Waals surface area contributed by atoms with Crippen molar-refractivity contribution in [2.75, 3.05) is 6.54 Å². The molecule has 0 saturated carbocycles. The summed E-state index contributed by atoms with van der Waals surface area (Å²) in [5, 5.41) is 10.7. The summed E-state index contributed by atoms with van der Waals surface area (Å²) >= 11 is 0. The van der Waals surface area contributed by atoms with E-state index in [-0.39, 0.29) is 12.1 Å². The number of benzene rings is 1. The lowest BCUT2D eigenvalue weighted by Gasteiger charge is -2.24. The van der Waals surface area contributed by atoms with Crippen LogP contribution in [0.15, 0.2) is 24.3 Å². The molecule has 0 bridgehead atoms. The van der Waals surface area contributed by atoms with Crippen LogP contribution >= 0.6 is 0 Å². The van der Waals surface area contributed by atoms with E-state index in [2.05, 4.69) is 5.32 Å². The minimum Gasteiger partial charge on any atom is -0.342 e. The fourth-order valence-corrected chi connectivity index (χ4v) is 1.56. The van der Waals surface area contributed by atoms with Gasteiger partial charge in [-0.1, -0.05) is 18.2 Å². The summed E-state index contributed by atoms with van der Waals surface area (Å²) in [7, 11) is 0. The Balaban J connectivity index is 3.08. The number of carbonyl (C=O) groups excluding carboxylic acids is 1. The normalized spacial score (nSPS) is 11.8. The molecule has 0 spiro atoms. The number of amides is 1. The zero-order valence-corrected chi connectivity index (χ0v) is 10.5. The second kappa shape index (κ2) is 5.31. The molecule has 3 nitrogen and oxygen atoms in total. The zero-order chi connectivity index (χ0) is 14.7. The molecule has 102 valence electrons. The second-order valence-corrected chi connectivity index (χ2v) is 4.54. The van der Waals surface area contributed by atoms with Crippen LogP contribution in [0.1, 0.15) is 25.0 Å². The fourth-order valence-electron chi connectivity index (χ4n) is 1.56. The third-order valence-corrected chi connectivity index (χ3v) is 2.81. The Morgan fingerprint density at radius 1 is 1.32 bits per heavy atom. The summed E-state index contributed by atoms with van der Waals surface area (Å²) in [5.74, 6) is -0.492. The van der Waals surface area contributed by atoms with Gasteiger partial charge >= 0.3 is 6.18 Å². The Hall–Kier alpha value is -2.03. The van der Waals surface area contributed by atoms with Gasteiger partial charge in [0.2, 0.25) is 5.91 Å². The molecule has 0 aromatic heterocycles. The predicted molar refractivity (Wildman–Crippen MR) is 63.1 cm³/mol. The van der Waals surface area contributed by atoms with Crippen LogP contribution in [0.4, 0.5) is 13.2 Å². The van der Waals surface area contributed by atoms with E-state index in [1.54, 1.807) is 6.07 Å². The van der Waals surface area contributed by atoms with E-state index < -0.39 is 23.1 Å². The number of halogens is 3. The van der Waals surface area contributed by atoms with Gasteiger partial charge in [0, 0.05) is 0 Å². The molecule has 1 aromatic carbocycles. The molecular formula is C13H13F3N2O. The van der Waals surface area contributed by atoms with Crippen LogP contribution in [-0.4, -0.2) is 12.5 Å². The monoisotopic (exact) mass is 270 g/mol. The van der Waals surface area contributed by atoms with Crippen molar-refractivity contribution < 1.29 is 18.0 Å². The van der Waals surface area contributed by atoms with Gasteiger partial charge in [-0.25, -0.2) is 0 Å². The number of alkyl halides is 3. The van der Waals surface area contributed by atoms with Gasteiger partial charge in [0.15, 0.2) is 0 Å². The lowest BCUT2D eigenvalue weighted by atomic mass is 9.83. The average Bonchev–Trinajstić information content (AvgIpc) is 2.35. The first-order chi connectivity index (χ1) is 8.69. The SMILES string of the molecule is CC(C)(C(=O)NCC#N)c1cccc(C(F)(F)F)c1. The summed E-state index contributed by atoms with van der Waals surface area (Å²) in [6.45, 7) is 2.84. The molecule has 0 heterocycles. The van der Waals surface area contributed by atoms with Crippen molar-refractivity contribution in [1.29, 1.82) is 5.26 Å². The lowest BCUT2D eigenvalue weighted by Crippen LogP contribution is -2.40. The Bertz CT molecular complexity index is 515. The molecule has 0 aliphatic heterocycles. The van der Waals surface area contributed by atoms with Crippen molar-refractivity contribution >= 4 is 5.91 Å². The zero-order valence-electron chi connectivity index (χ0n) is 10.5. The molecule has 0 unspecified atom stereocenters. The van der Waals surface area contributed by atoms with Gasteiger partial charge in [0.1, 0.15) is 6.54 Å². The highest BCUT2D eigenvalue weighted by Gasteiger charge is 2.34. The predicted octanol–water partition coefficient (Wildman–Crippen LogP) is 2.62. The van der Waals surface area contributed by atoms with Gasteiger partial charge in [0.25, 0.3) is 0 Å². The number of nitrogens with one attached hydrogen (secondary N) is 1. The van der Waals surface area contributed by atoms with Crippen molar-refractivity contribution in [3.05, 3.63) is 35.4 Å². The van der Waals surface area contributed by atoms with Crippen molar-refractivity contribution in [2.45, 2.75) is 25.4 Å². The van der Waals surface area contributed by atoms with E-state index in [1.165, 1.54) is 26.0 Å². The van der Waals surface area contributed by atoms with E-state index in [9.17, 15) is 18.0 Å². The second-order valence-electron chi connectivity index (χ2n) is 4.54. The summed E-state index contributed by atoms with van der Waals surface area (Å²) in [4.78, 5) is 11.8. The van der Waals surface area contributed by atoms with E-state index in [4.69, 9.17) is 5.26 Å². The van der Waals surface area contributed by atoms with Crippen LogP contribution in [0, 0.1) is 11.3 Å². The molecule has 1 aromatic rings. The molecule has 19 heavy (non-hydrogen) atoms. The number of nitriles is 1.